The molecule has 2 nitrogen and oxygen atoms in total. The van der Waals surface area contributed by atoms with Crippen LogP contribution in [0.2, 0.25) is 0 Å². The van der Waals surface area contributed by atoms with Crippen LogP contribution in [0, 0.1) is 0 Å². The van der Waals surface area contributed by atoms with Gasteiger partial charge in [-0.25, -0.2) is 0 Å². The highest BCUT2D eigenvalue weighted by Gasteiger charge is 1.95. The Morgan fingerprint density at radius 3 is 1.64 bits per heavy atom. The molecule has 0 aliphatic heterocycles. The maximum absolute atomic E-state index is 8.80. The van der Waals surface area contributed by atoms with Crippen LogP contribution in [0.5, 0.6) is 0 Å². The van der Waals surface area contributed by atoms with Crippen molar-refractivity contribution in [3.05, 3.63) is 12.2 Å². The van der Waals surface area contributed by atoms with E-state index in [1.807, 2.05) is 0 Å². The summed E-state index contributed by atoms with van der Waals surface area (Å²) in [6, 6.07) is -0.0807. The lowest BCUT2D eigenvalue weighted by molar-refractivity contribution is 0.266. The maximum Gasteiger partial charge on any atom is 0.0585 e. The number of unbranched alkanes of at least 4 members (excludes halogenated alkanes) is 13. The molecule has 0 aliphatic rings. The van der Waals surface area contributed by atoms with E-state index in [1.165, 1.54) is 83.5 Å². The summed E-state index contributed by atoms with van der Waals surface area (Å²) >= 11 is 0. The fraction of sp³-hybridized carbons (Fsp3) is 0.900. The van der Waals surface area contributed by atoms with Crippen LogP contribution in [0.15, 0.2) is 12.2 Å². The van der Waals surface area contributed by atoms with Gasteiger partial charge in [0.15, 0.2) is 0 Å². The molecule has 0 saturated heterocycles. The van der Waals surface area contributed by atoms with E-state index in [0.717, 1.165) is 12.8 Å². The molecule has 1 atom stereocenters. The summed E-state index contributed by atoms with van der Waals surface area (Å²) < 4.78 is 0. The number of allylic oxidation sites excluding steroid dienone is 1. The number of rotatable bonds is 17. The molecule has 0 aromatic carbocycles. The highest BCUT2D eigenvalue weighted by atomic mass is 16.3. The van der Waals surface area contributed by atoms with Crippen LogP contribution in [0.4, 0.5) is 0 Å². The Balaban J connectivity index is 3.05. The average molecular weight is 312 g/mol. The van der Waals surface area contributed by atoms with Gasteiger partial charge in [0.05, 0.1) is 6.61 Å². The molecule has 0 aromatic rings. The number of aliphatic hydroxyl groups excluding tert-OH is 1. The van der Waals surface area contributed by atoms with E-state index >= 15 is 0 Å². The third-order valence-corrected chi connectivity index (χ3v) is 4.31. The van der Waals surface area contributed by atoms with E-state index in [4.69, 9.17) is 10.8 Å². The fourth-order valence-electron chi connectivity index (χ4n) is 2.74. The molecule has 0 spiro atoms. The van der Waals surface area contributed by atoms with Gasteiger partial charge in [0.2, 0.25) is 0 Å². The Hall–Kier alpha value is -0.340. The van der Waals surface area contributed by atoms with Crippen LogP contribution < -0.4 is 5.73 Å². The number of nitrogens with two attached hydrogens (primary N) is 1. The summed E-state index contributed by atoms with van der Waals surface area (Å²) in [5.74, 6) is 0. The van der Waals surface area contributed by atoms with Crippen molar-refractivity contribution in [2.75, 3.05) is 6.61 Å². The summed E-state index contributed by atoms with van der Waals surface area (Å²) in [6.45, 7) is 2.37. The Bertz CT molecular complexity index is 228. The SMILES string of the molecule is CCCCCCCCCCCCCCC/C=C/C[C@H](N)CO. The second-order valence-electron chi connectivity index (χ2n) is 6.68. The molecular formula is C20H41NO. The van der Waals surface area contributed by atoms with Crippen LogP contribution in [0.1, 0.15) is 103 Å². The molecule has 0 fully saturated rings. The first-order chi connectivity index (χ1) is 10.8. The second kappa shape index (κ2) is 18.7. The van der Waals surface area contributed by atoms with Gasteiger partial charge in [0.1, 0.15) is 0 Å². The molecule has 0 saturated carbocycles. The first-order valence-electron chi connectivity index (χ1n) is 9.82. The molecule has 0 radical (unpaired) electrons. The van der Waals surface area contributed by atoms with E-state index < -0.39 is 0 Å². The van der Waals surface area contributed by atoms with Crippen LogP contribution in [0.3, 0.4) is 0 Å². The second-order valence-corrected chi connectivity index (χ2v) is 6.68. The molecule has 0 aliphatic carbocycles. The molecule has 0 unspecified atom stereocenters. The third-order valence-electron chi connectivity index (χ3n) is 4.31. The van der Waals surface area contributed by atoms with E-state index in [2.05, 4.69) is 19.1 Å². The maximum atomic E-state index is 8.80. The average Bonchev–Trinajstić information content (AvgIpc) is 2.54. The molecule has 2 heteroatoms. The van der Waals surface area contributed by atoms with Gasteiger partial charge in [-0.05, 0) is 19.3 Å². The number of aliphatic hydroxyl groups is 1. The predicted octanol–water partition coefficient (Wildman–Crippen LogP) is 5.73. The summed E-state index contributed by atoms with van der Waals surface area (Å²) in [6.07, 6.45) is 24.6. The van der Waals surface area contributed by atoms with Crippen LogP contribution in [-0.2, 0) is 0 Å². The molecule has 0 heterocycles. The van der Waals surface area contributed by atoms with E-state index in [-0.39, 0.29) is 12.6 Å². The van der Waals surface area contributed by atoms with Gasteiger partial charge in [0.25, 0.3) is 0 Å². The molecule has 0 rings (SSSR count). The van der Waals surface area contributed by atoms with E-state index in [9.17, 15) is 0 Å². The molecule has 0 amide bonds. The molecule has 0 aromatic heterocycles. The number of hydrogen-bond acceptors (Lipinski definition) is 2. The monoisotopic (exact) mass is 311 g/mol. The minimum atomic E-state index is -0.0807. The largest absolute Gasteiger partial charge is 0.395 e. The van der Waals surface area contributed by atoms with Crippen molar-refractivity contribution in [1.82, 2.24) is 0 Å². The lowest BCUT2D eigenvalue weighted by Crippen LogP contribution is -2.22. The molecule has 3 N–H and O–H groups in total. The first kappa shape index (κ1) is 21.7. The Morgan fingerprint density at radius 2 is 1.18 bits per heavy atom. The summed E-state index contributed by atoms with van der Waals surface area (Å²) in [5, 5.41) is 8.80. The minimum Gasteiger partial charge on any atom is -0.395 e. The third kappa shape index (κ3) is 17.7. The Labute approximate surface area is 139 Å². The van der Waals surface area contributed by atoms with Gasteiger partial charge in [-0.1, -0.05) is 96.1 Å². The quantitative estimate of drug-likeness (QED) is 0.266. The van der Waals surface area contributed by atoms with Crippen molar-refractivity contribution in [1.29, 1.82) is 0 Å². The van der Waals surface area contributed by atoms with Gasteiger partial charge < -0.3 is 10.8 Å². The lowest BCUT2D eigenvalue weighted by atomic mass is 10.0. The standard InChI is InChI=1S/C20H41NO/c1-2-3-4-5-6-7-8-9-10-11-12-13-14-15-16-17-18-20(21)19-22/h16-17,20,22H,2-15,18-19,21H2,1H3/b17-16+/t20-/m0/s1. The van der Waals surface area contributed by atoms with Gasteiger partial charge in [-0.3, -0.25) is 0 Å². The molecule has 132 valence electrons. The number of hydrogen-bond donors (Lipinski definition) is 2. The Kier molecular flexibility index (Phi) is 18.4. The zero-order valence-electron chi connectivity index (χ0n) is 15.1. The zero-order chi connectivity index (χ0) is 16.3. The zero-order valence-corrected chi connectivity index (χ0v) is 15.1. The van der Waals surface area contributed by atoms with Crippen molar-refractivity contribution in [3.63, 3.8) is 0 Å². The highest BCUT2D eigenvalue weighted by Crippen LogP contribution is 2.13. The van der Waals surface area contributed by atoms with E-state index in [0.29, 0.717) is 0 Å². The van der Waals surface area contributed by atoms with Crippen LogP contribution in [-0.4, -0.2) is 17.8 Å². The molecule has 22 heavy (non-hydrogen) atoms. The first-order valence-corrected chi connectivity index (χ1v) is 9.82. The normalized spacial score (nSPS) is 13.0. The van der Waals surface area contributed by atoms with Gasteiger partial charge in [0, 0.05) is 6.04 Å². The highest BCUT2D eigenvalue weighted by molar-refractivity contribution is 4.85. The fourth-order valence-corrected chi connectivity index (χ4v) is 2.74. The molecular weight excluding hydrogens is 270 g/mol. The van der Waals surface area contributed by atoms with Gasteiger partial charge >= 0.3 is 0 Å². The topological polar surface area (TPSA) is 46.2 Å². The minimum absolute atomic E-state index is 0.0807. The summed E-state index contributed by atoms with van der Waals surface area (Å²) in [5.41, 5.74) is 5.63. The van der Waals surface area contributed by atoms with Gasteiger partial charge in [-0.15, -0.1) is 0 Å². The van der Waals surface area contributed by atoms with Gasteiger partial charge in [-0.2, -0.15) is 0 Å². The Morgan fingerprint density at radius 1 is 0.727 bits per heavy atom. The predicted molar refractivity (Wildman–Crippen MR) is 99.1 cm³/mol. The van der Waals surface area contributed by atoms with Crippen LogP contribution in [0.25, 0.3) is 0 Å². The van der Waals surface area contributed by atoms with Crippen molar-refractivity contribution in [3.8, 4) is 0 Å². The van der Waals surface area contributed by atoms with Crippen molar-refractivity contribution >= 4 is 0 Å². The lowest BCUT2D eigenvalue weighted by Gasteiger charge is -2.03. The summed E-state index contributed by atoms with van der Waals surface area (Å²) in [7, 11) is 0. The van der Waals surface area contributed by atoms with Crippen molar-refractivity contribution in [2.24, 2.45) is 5.73 Å². The van der Waals surface area contributed by atoms with Crippen molar-refractivity contribution in [2.45, 2.75) is 109 Å². The van der Waals surface area contributed by atoms with Crippen LogP contribution >= 0.6 is 0 Å². The van der Waals surface area contributed by atoms with Crippen molar-refractivity contribution < 1.29 is 5.11 Å². The van der Waals surface area contributed by atoms with E-state index in [1.54, 1.807) is 0 Å². The summed E-state index contributed by atoms with van der Waals surface area (Å²) in [4.78, 5) is 0. The smallest absolute Gasteiger partial charge is 0.0585 e. The molecule has 0 bridgehead atoms.